The number of hydrogen-bond donors (Lipinski definition) is 0. The molecule has 4 heteroatoms. The SMILES string of the molecule is CC(C)c1cc(I)cc(C(C)C)c1N=CC=Nc1c(C(C)C)cc(I)cc1C(C)C. The summed E-state index contributed by atoms with van der Waals surface area (Å²) in [5.41, 5.74) is 7.40. The number of nitrogens with zero attached hydrogens (tertiary/aromatic N) is 2. The van der Waals surface area contributed by atoms with Gasteiger partial charge in [0, 0.05) is 19.6 Å². The van der Waals surface area contributed by atoms with Crippen LogP contribution in [0.15, 0.2) is 34.3 Å². The van der Waals surface area contributed by atoms with Crippen LogP contribution in [0.5, 0.6) is 0 Å². The van der Waals surface area contributed by atoms with Crippen molar-refractivity contribution >= 4 is 69.0 Å². The molecule has 2 aromatic carbocycles. The maximum Gasteiger partial charge on any atom is 0.0700 e. The summed E-state index contributed by atoms with van der Waals surface area (Å²) in [4.78, 5) is 9.78. The Labute approximate surface area is 210 Å². The van der Waals surface area contributed by atoms with Crippen molar-refractivity contribution in [1.82, 2.24) is 0 Å². The third-order valence-corrected chi connectivity index (χ3v) is 6.47. The molecule has 0 atom stereocenters. The van der Waals surface area contributed by atoms with Crippen molar-refractivity contribution in [3.05, 3.63) is 53.7 Å². The van der Waals surface area contributed by atoms with E-state index in [1.54, 1.807) is 0 Å². The summed E-state index contributed by atoms with van der Waals surface area (Å²) in [6.07, 6.45) is 3.73. The van der Waals surface area contributed by atoms with E-state index in [-0.39, 0.29) is 0 Å². The third-order valence-electron chi connectivity index (χ3n) is 5.23. The average molecular weight is 628 g/mol. The molecule has 0 aliphatic rings. The molecule has 0 aromatic heterocycles. The van der Waals surface area contributed by atoms with Crippen LogP contribution in [0.2, 0.25) is 0 Å². The van der Waals surface area contributed by atoms with Gasteiger partial charge in [-0.15, -0.1) is 0 Å². The van der Waals surface area contributed by atoms with E-state index in [0.717, 1.165) is 11.4 Å². The highest BCUT2D eigenvalue weighted by molar-refractivity contribution is 14.1. The minimum Gasteiger partial charge on any atom is -0.255 e. The van der Waals surface area contributed by atoms with Crippen LogP contribution < -0.4 is 0 Å². The first-order valence-electron chi connectivity index (χ1n) is 10.8. The standard InChI is InChI=1S/C26H34I2N2/c1-15(2)21-11-19(27)12-22(16(3)4)25(21)29-9-10-30-26-23(17(5)6)13-20(28)14-24(26)18(7)8/h9-18H,1-8H3. The van der Waals surface area contributed by atoms with Crippen molar-refractivity contribution in [2.75, 3.05) is 0 Å². The molecule has 162 valence electrons. The smallest absolute Gasteiger partial charge is 0.0700 e. The molecule has 0 N–H and O–H groups in total. The Kier molecular flexibility index (Phi) is 9.53. The van der Waals surface area contributed by atoms with Crippen molar-refractivity contribution < 1.29 is 0 Å². The van der Waals surface area contributed by atoms with Gasteiger partial charge in [0.05, 0.1) is 11.4 Å². The summed E-state index contributed by atoms with van der Waals surface area (Å²) in [6, 6.07) is 9.03. The maximum absolute atomic E-state index is 4.89. The molecule has 0 saturated heterocycles. The molecule has 0 aliphatic carbocycles. The summed E-state index contributed by atoms with van der Waals surface area (Å²) in [5, 5.41) is 0. The highest BCUT2D eigenvalue weighted by Crippen LogP contribution is 2.37. The number of halogens is 2. The zero-order valence-corrected chi connectivity index (χ0v) is 23.7. The highest BCUT2D eigenvalue weighted by atomic mass is 127. The van der Waals surface area contributed by atoms with Crippen molar-refractivity contribution in [2.24, 2.45) is 9.98 Å². The van der Waals surface area contributed by atoms with Gasteiger partial charge in [0.15, 0.2) is 0 Å². The monoisotopic (exact) mass is 628 g/mol. The van der Waals surface area contributed by atoms with Crippen molar-refractivity contribution in [2.45, 2.75) is 79.1 Å². The summed E-state index contributed by atoms with van der Waals surface area (Å²) in [6.45, 7) is 17.9. The first kappa shape index (κ1) is 25.5. The molecule has 0 heterocycles. The van der Waals surface area contributed by atoms with Crippen molar-refractivity contribution in [3.8, 4) is 0 Å². The first-order valence-corrected chi connectivity index (χ1v) is 12.9. The summed E-state index contributed by atoms with van der Waals surface area (Å²) >= 11 is 4.82. The molecule has 0 bridgehead atoms. The molecule has 0 fully saturated rings. The van der Waals surface area contributed by atoms with E-state index in [0.29, 0.717) is 23.7 Å². The van der Waals surface area contributed by atoms with Crippen LogP contribution in [0.1, 0.15) is 101 Å². The molecule has 2 rings (SSSR count). The van der Waals surface area contributed by atoms with E-state index in [1.165, 1.54) is 29.4 Å². The van der Waals surface area contributed by atoms with Crippen LogP contribution in [-0.2, 0) is 0 Å². The van der Waals surface area contributed by atoms with Gasteiger partial charge >= 0.3 is 0 Å². The largest absolute Gasteiger partial charge is 0.255 e. The van der Waals surface area contributed by atoms with Gasteiger partial charge in [-0.25, -0.2) is 0 Å². The quantitative estimate of drug-likeness (QED) is 0.216. The third kappa shape index (κ3) is 6.38. The molecule has 0 aliphatic heterocycles. The van der Waals surface area contributed by atoms with Crippen LogP contribution in [0.4, 0.5) is 11.4 Å². The fraction of sp³-hybridized carbons (Fsp3) is 0.462. The second-order valence-corrected chi connectivity index (χ2v) is 11.5. The predicted octanol–water partition coefficient (Wildman–Crippen LogP) is 9.49. The highest BCUT2D eigenvalue weighted by Gasteiger charge is 2.16. The average Bonchev–Trinajstić information content (AvgIpc) is 2.65. The van der Waals surface area contributed by atoms with E-state index in [1.807, 2.05) is 12.4 Å². The van der Waals surface area contributed by atoms with Crippen LogP contribution in [0.3, 0.4) is 0 Å². The molecule has 0 spiro atoms. The van der Waals surface area contributed by atoms with Crippen LogP contribution >= 0.6 is 45.2 Å². The Bertz CT molecular complexity index is 803. The molecule has 30 heavy (non-hydrogen) atoms. The minimum absolute atomic E-state index is 0.428. The molecule has 0 radical (unpaired) electrons. The van der Waals surface area contributed by atoms with E-state index in [4.69, 9.17) is 9.98 Å². The van der Waals surface area contributed by atoms with Gasteiger partial charge in [0.25, 0.3) is 0 Å². The Balaban J connectivity index is 2.51. The van der Waals surface area contributed by atoms with Crippen molar-refractivity contribution in [3.63, 3.8) is 0 Å². The minimum atomic E-state index is 0.428. The van der Waals surface area contributed by atoms with E-state index < -0.39 is 0 Å². The van der Waals surface area contributed by atoms with Crippen LogP contribution in [0, 0.1) is 7.14 Å². The second-order valence-electron chi connectivity index (χ2n) is 9.04. The second kappa shape index (κ2) is 11.2. The summed E-state index contributed by atoms with van der Waals surface area (Å²) < 4.78 is 2.55. The lowest BCUT2D eigenvalue weighted by atomic mass is 9.93. The zero-order chi connectivity index (χ0) is 22.6. The molecule has 0 amide bonds. The topological polar surface area (TPSA) is 24.7 Å². The fourth-order valence-corrected chi connectivity index (χ4v) is 4.90. The predicted molar refractivity (Wildman–Crippen MR) is 151 cm³/mol. The number of aliphatic imine (C=N–C) groups is 2. The number of rotatable bonds is 7. The molecule has 2 nitrogen and oxygen atoms in total. The van der Waals surface area contributed by atoms with E-state index in [2.05, 4.69) is 125 Å². The van der Waals surface area contributed by atoms with Gasteiger partial charge in [-0.3, -0.25) is 9.98 Å². The van der Waals surface area contributed by atoms with Gasteiger partial charge in [0.1, 0.15) is 0 Å². The number of benzene rings is 2. The van der Waals surface area contributed by atoms with E-state index >= 15 is 0 Å². The lowest BCUT2D eigenvalue weighted by Gasteiger charge is -2.17. The van der Waals surface area contributed by atoms with Gasteiger partial charge < -0.3 is 0 Å². The summed E-state index contributed by atoms with van der Waals surface area (Å²) in [5.74, 6) is 1.71. The first-order chi connectivity index (χ1) is 14.0. The Morgan fingerprint density at radius 1 is 0.533 bits per heavy atom. The lowest BCUT2D eigenvalue weighted by Crippen LogP contribution is -1.98. The van der Waals surface area contributed by atoms with Crippen LogP contribution in [-0.4, -0.2) is 12.4 Å². The Morgan fingerprint density at radius 3 is 0.967 bits per heavy atom. The summed E-state index contributed by atoms with van der Waals surface area (Å²) in [7, 11) is 0. The Hall–Kier alpha value is -0.760. The van der Waals surface area contributed by atoms with Gasteiger partial charge in [-0.05, 0) is 115 Å². The van der Waals surface area contributed by atoms with Crippen LogP contribution in [0.25, 0.3) is 0 Å². The molecular weight excluding hydrogens is 594 g/mol. The lowest BCUT2D eigenvalue weighted by molar-refractivity contribution is 0.832. The molecule has 0 unspecified atom stereocenters. The Morgan fingerprint density at radius 2 is 0.767 bits per heavy atom. The van der Waals surface area contributed by atoms with Gasteiger partial charge in [-0.2, -0.15) is 0 Å². The van der Waals surface area contributed by atoms with Gasteiger partial charge in [-0.1, -0.05) is 55.4 Å². The van der Waals surface area contributed by atoms with Gasteiger partial charge in [0.2, 0.25) is 0 Å². The zero-order valence-electron chi connectivity index (χ0n) is 19.4. The maximum atomic E-state index is 4.89. The van der Waals surface area contributed by atoms with E-state index in [9.17, 15) is 0 Å². The molecular formula is C26H34I2N2. The normalized spacial score (nSPS) is 12.6. The van der Waals surface area contributed by atoms with Crippen molar-refractivity contribution in [1.29, 1.82) is 0 Å². The molecule has 0 saturated carbocycles. The number of hydrogen-bond acceptors (Lipinski definition) is 2. The fourth-order valence-electron chi connectivity index (χ4n) is 3.56. The molecule has 2 aromatic rings.